The van der Waals surface area contributed by atoms with Crippen LogP contribution in [0.4, 0.5) is 0 Å². The summed E-state index contributed by atoms with van der Waals surface area (Å²) in [5.41, 5.74) is -0.136. The number of hydrogen-bond acceptors (Lipinski definition) is 6. The van der Waals surface area contributed by atoms with Gasteiger partial charge in [0.05, 0.1) is 12.2 Å². The van der Waals surface area contributed by atoms with Crippen LogP contribution in [0.2, 0.25) is 0 Å². The van der Waals surface area contributed by atoms with Gasteiger partial charge in [-0.1, -0.05) is 13.8 Å². The Bertz CT molecular complexity index is 850. The number of ether oxygens (including phenoxy) is 1. The molecule has 0 saturated carbocycles. The topological polar surface area (TPSA) is 103 Å². The third-order valence-electron chi connectivity index (χ3n) is 3.63. The number of rotatable bonds is 6. The number of aromatic nitrogens is 2. The first-order valence-corrected chi connectivity index (χ1v) is 8.22. The third kappa shape index (κ3) is 3.89. The van der Waals surface area contributed by atoms with E-state index in [4.69, 9.17) is 9.15 Å². The molecule has 2 rings (SSSR count). The van der Waals surface area contributed by atoms with E-state index in [0.29, 0.717) is 6.54 Å². The molecule has 0 bridgehead atoms. The maximum atomic E-state index is 12.7. The Kier molecular flexibility index (Phi) is 5.61. The Labute approximate surface area is 145 Å². The number of nitrogens with zero attached hydrogens (tertiary/aromatic N) is 2. The number of hydrogen-bond donors (Lipinski definition) is 1. The first-order valence-electron chi connectivity index (χ1n) is 8.22. The van der Waals surface area contributed by atoms with Crippen LogP contribution in [-0.2, 0) is 16.1 Å². The highest BCUT2D eigenvalue weighted by atomic mass is 16.5. The van der Waals surface area contributed by atoms with Crippen molar-refractivity contribution < 1.29 is 18.7 Å². The van der Waals surface area contributed by atoms with Gasteiger partial charge in [-0.2, -0.15) is 0 Å². The fraction of sp³-hybridized carbons (Fsp3) is 0.529. The van der Waals surface area contributed by atoms with Crippen LogP contribution in [0.5, 0.6) is 0 Å². The molecule has 0 aliphatic heterocycles. The Morgan fingerprint density at radius 2 is 2.04 bits per heavy atom. The van der Waals surface area contributed by atoms with Crippen molar-refractivity contribution in [2.24, 2.45) is 5.92 Å². The van der Waals surface area contributed by atoms with Gasteiger partial charge in [0.25, 0.3) is 11.5 Å². The van der Waals surface area contributed by atoms with Crippen molar-refractivity contribution in [3.8, 4) is 0 Å². The molecule has 0 unspecified atom stereocenters. The lowest BCUT2D eigenvalue weighted by Gasteiger charge is -2.12. The predicted molar refractivity (Wildman–Crippen MR) is 91.4 cm³/mol. The average molecular weight is 349 g/mol. The van der Waals surface area contributed by atoms with Crippen molar-refractivity contribution in [2.45, 2.75) is 47.2 Å². The lowest BCUT2D eigenvalue weighted by molar-refractivity contribution is -0.144. The van der Waals surface area contributed by atoms with E-state index in [1.807, 2.05) is 13.8 Å². The first-order chi connectivity index (χ1) is 11.8. The van der Waals surface area contributed by atoms with Crippen molar-refractivity contribution in [2.75, 3.05) is 6.61 Å². The van der Waals surface area contributed by atoms with E-state index in [0.717, 1.165) is 0 Å². The molecule has 0 spiro atoms. The molecule has 8 heteroatoms. The Balaban J connectivity index is 2.43. The highest BCUT2D eigenvalue weighted by molar-refractivity contribution is 6.07. The summed E-state index contributed by atoms with van der Waals surface area (Å²) in [6.07, 6.45) is 1.41. The Morgan fingerprint density at radius 3 is 2.64 bits per heavy atom. The number of carbonyl (C=O) groups is 2. The number of nitrogens with one attached hydrogen (secondary N) is 1. The molecular formula is C17H23N3O5. The second-order valence-electron chi connectivity index (χ2n) is 6.26. The minimum atomic E-state index is -0.841. The van der Waals surface area contributed by atoms with Gasteiger partial charge in [-0.15, -0.1) is 0 Å². The summed E-state index contributed by atoms with van der Waals surface area (Å²) >= 11 is 0. The molecular weight excluding hydrogens is 326 g/mol. The molecule has 8 nitrogen and oxygen atoms in total. The molecule has 25 heavy (non-hydrogen) atoms. The zero-order chi connectivity index (χ0) is 18.7. The highest BCUT2D eigenvalue weighted by Crippen LogP contribution is 2.21. The molecule has 0 aliphatic carbocycles. The standard InChI is InChI=1S/C17H23N3O5/c1-6-24-17(23)10(4)19-14(21)12-11(5)25-15-13(12)16(22)20(8-18-15)7-9(2)3/h8-10H,6-7H2,1-5H3,(H,19,21)/t10-/m0/s1. The SMILES string of the molecule is CCOC(=O)[C@H](C)NC(=O)c1c(C)oc2ncn(CC(C)C)c(=O)c12. The van der Waals surface area contributed by atoms with Crippen LogP contribution in [0.1, 0.15) is 43.8 Å². The third-order valence-corrected chi connectivity index (χ3v) is 3.63. The molecule has 0 radical (unpaired) electrons. The fourth-order valence-corrected chi connectivity index (χ4v) is 2.53. The van der Waals surface area contributed by atoms with Crippen LogP contribution < -0.4 is 10.9 Å². The minimum absolute atomic E-state index is 0.0988. The summed E-state index contributed by atoms with van der Waals surface area (Å²) in [5.74, 6) is -0.601. The first kappa shape index (κ1) is 18.7. The van der Waals surface area contributed by atoms with E-state index in [2.05, 4.69) is 10.3 Å². The van der Waals surface area contributed by atoms with Crippen LogP contribution in [0.3, 0.4) is 0 Å². The highest BCUT2D eigenvalue weighted by Gasteiger charge is 2.25. The second-order valence-corrected chi connectivity index (χ2v) is 6.26. The van der Waals surface area contributed by atoms with Gasteiger partial charge in [0.2, 0.25) is 5.71 Å². The van der Waals surface area contributed by atoms with E-state index in [1.165, 1.54) is 17.8 Å². The van der Waals surface area contributed by atoms with Gasteiger partial charge < -0.3 is 14.5 Å². The van der Waals surface area contributed by atoms with Crippen LogP contribution in [0.25, 0.3) is 11.1 Å². The van der Waals surface area contributed by atoms with E-state index in [9.17, 15) is 14.4 Å². The van der Waals surface area contributed by atoms with Crippen molar-refractivity contribution >= 4 is 23.0 Å². The largest absolute Gasteiger partial charge is 0.464 e. The maximum absolute atomic E-state index is 12.7. The molecule has 0 fully saturated rings. The van der Waals surface area contributed by atoms with Crippen molar-refractivity contribution in [1.82, 2.24) is 14.9 Å². The van der Waals surface area contributed by atoms with E-state index in [1.54, 1.807) is 13.8 Å². The van der Waals surface area contributed by atoms with Gasteiger partial charge >= 0.3 is 5.97 Å². The zero-order valence-electron chi connectivity index (χ0n) is 15.1. The van der Waals surface area contributed by atoms with E-state index >= 15 is 0 Å². The van der Waals surface area contributed by atoms with Gasteiger partial charge in [0.1, 0.15) is 23.5 Å². The number of aryl methyl sites for hydroxylation is 1. The van der Waals surface area contributed by atoms with Crippen molar-refractivity contribution in [3.05, 3.63) is 28.0 Å². The van der Waals surface area contributed by atoms with Crippen LogP contribution in [0.15, 0.2) is 15.5 Å². The quantitative estimate of drug-likeness (QED) is 0.795. The predicted octanol–water partition coefficient (Wildman–Crippen LogP) is 1.64. The Morgan fingerprint density at radius 1 is 1.36 bits per heavy atom. The lowest BCUT2D eigenvalue weighted by Crippen LogP contribution is -2.40. The van der Waals surface area contributed by atoms with Crippen LogP contribution >= 0.6 is 0 Å². The summed E-state index contributed by atoms with van der Waals surface area (Å²) in [7, 11) is 0. The number of fused-ring (bicyclic) bond motifs is 1. The molecule has 1 amide bonds. The molecule has 0 aromatic carbocycles. The molecule has 1 N–H and O–H groups in total. The van der Waals surface area contributed by atoms with Gasteiger partial charge in [0, 0.05) is 6.54 Å². The second kappa shape index (κ2) is 7.50. The molecule has 136 valence electrons. The fourth-order valence-electron chi connectivity index (χ4n) is 2.53. The van der Waals surface area contributed by atoms with Gasteiger partial charge in [-0.3, -0.25) is 14.2 Å². The smallest absolute Gasteiger partial charge is 0.328 e. The summed E-state index contributed by atoms with van der Waals surface area (Å²) in [6, 6.07) is -0.841. The van der Waals surface area contributed by atoms with E-state index < -0.39 is 17.9 Å². The maximum Gasteiger partial charge on any atom is 0.328 e. The monoisotopic (exact) mass is 349 g/mol. The minimum Gasteiger partial charge on any atom is -0.464 e. The summed E-state index contributed by atoms with van der Waals surface area (Å²) in [6.45, 7) is 9.43. The molecule has 0 aliphatic rings. The van der Waals surface area contributed by atoms with Gasteiger partial charge in [0.15, 0.2) is 0 Å². The van der Waals surface area contributed by atoms with Crippen LogP contribution in [-0.4, -0.2) is 34.1 Å². The van der Waals surface area contributed by atoms with Crippen LogP contribution in [0, 0.1) is 12.8 Å². The average Bonchev–Trinajstić information content (AvgIpc) is 2.87. The zero-order valence-corrected chi connectivity index (χ0v) is 15.1. The number of carbonyl (C=O) groups excluding carboxylic acids is 2. The molecule has 1 atom stereocenters. The molecule has 0 saturated heterocycles. The normalized spacial score (nSPS) is 12.4. The summed E-state index contributed by atoms with van der Waals surface area (Å²) in [4.78, 5) is 41.1. The number of esters is 1. The van der Waals surface area contributed by atoms with E-state index in [-0.39, 0.29) is 40.5 Å². The van der Waals surface area contributed by atoms with Crippen molar-refractivity contribution in [3.63, 3.8) is 0 Å². The number of furan rings is 1. The Hall–Kier alpha value is -2.64. The molecule has 2 aromatic rings. The summed E-state index contributed by atoms with van der Waals surface area (Å²) in [5, 5.41) is 2.66. The van der Waals surface area contributed by atoms with Gasteiger partial charge in [-0.05, 0) is 26.7 Å². The van der Waals surface area contributed by atoms with Crippen molar-refractivity contribution in [1.29, 1.82) is 0 Å². The number of amides is 1. The lowest BCUT2D eigenvalue weighted by atomic mass is 10.1. The van der Waals surface area contributed by atoms with Gasteiger partial charge in [-0.25, -0.2) is 9.78 Å². The molecule has 2 aromatic heterocycles. The molecule has 2 heterocycles. The summed E-state index contributed by atoms with van der Waals surface area (Å²) < 4.78 is 11.8.